The van der Waals surface area contributed by atoms with E-state index in [1.54, 1.807) is 36.4 Å². The monoisotopic (exact) mass is 348 g/mol. The van der Waals surface area contributed by atoms with E-state index in [9.17, 15) is 4.79 Å². The number of anilines is 1. The summed E-state index contributed by atoms with van der Waals surface area (Å²) in [6.07, 6.45) is 0. The first kappa shape index (κ1) is 14.7. The highest BCUT2D eigenvalue weighted by atomic mass is 79.9. The molecule has 0 saturated carbocycles. The fourth-order valence-corrected chi connectivity index (χ4v) is 2.17. The highest BCUT2D eigenvalue weighted by molar-refractivity contribution is 9.10. The Morgan fingerprint density at radius 1 is 1.15 bits per heavy atom. The molecule has 0 atom stereocenters. The maximum Gasteiger partial charge on any atom is 0.255 e. The average molecular weight is 349 g/mol. The third-order valence-electron chi connectivity index (χ3n) is 2.86. The van der Waals surface area contributed by atoms with Crippen molar-refractivity contribution in [2.24, 2.45) is 5.73 Å². The summed E-state index contributed by atoms with van der Waals surface area (Å²) in [4.78, 5) is 12.5. The SMILES string of the molecule is Cc1ccc(C(=O)Nc2ccc(C(N)=S)cc2)cc1Br. The molecule has 0 aromatic heterocycles. The zero-order chi connectivity index (χ0) is 14.7. The molecular weight excluding hydrogens is 336 g/mol. The van der Waals surface area contributed by atoms with Crippen molar-refractivity contribution in [1.29, 1.82) is 0 Å². The number of nitrogens with two attached hydrogens (primary N) is 1. The molecule has 20 heavy (non-hydrogen) atoms. The van der Waals surface area contributed by atoms with Crippen molar-refractivity contribution >= 4 is 44.7 Å². The Hall–Kier alpha value is -1.72. The van der Waals surface area contributed by atoms with Gasteiger partial charge in [-0.3, -0.25) is 4.79 Å². The van der Waals surface area contributed by atoms with Gasteiger partial charge in [0.05, 0.1) is 0 Å². The number of nitrogens with one attached hydrogen (secondary N) is 1. The van der Waals surface area contributed by atoms with Crippen LogP contribution in [-0.4, -0.2) is 10.9 Å². The number of amides is 1. The van der Waals surface area contributed by atoms with Crippen molar-refractivity contribution < 1.29 is 4.79 Å². The zero-order valence-corrected chi connectivity index (χ0v) is 13.2. The minimum Gasteiger partial charge on any atom is -0.389 e. The predicted octanol–water partition coefficient (Wildman–Crippen LogP) is 3.64. The van der Waals surface area contributed by atoms with E-state index in [1.807, 2.05) is 13.0 Å². The molecule has 2 aromatic rings. The van der Waals surface area contributed by atoms with Crippen LogP contribution in [0.25, 0.3) is 0 Å². The molecule has 0 radical (unpaired) electrons. The van der Waals surface area contributed by atoms with Gasteiger partial charge in [0.2, 0.25) is 0 Å². The summed E-state index contributed by atoms with van der Waals surface area (Å²) < 4.78 is 0.911. The quantitative estimate of drug-likeness (QED) is 0.832. The zero-order valence-electron chi connectivity index (χ0n) is 10.8. The second-order valence-corrected chi connectivity index (χ2v) is 5.65. The van der Waals surface area contributed by atoms with Crippen molar-refractivity contribution in [2.45, 2.75) is 6.92 Å². The standard InChI is InChI=1S/C15H13BrN2OS/c1-9-2-3-11(8-13(9)16)15(19)18-12-6-4-10(5-7-12)14(17)20/h2-8H,1H3,(H2,17,20)(H,18,19). The highest BCUT2D eigenvalue weighted by Crippen LogP contribution is 2.18. The van der Waals surface area contributed by atoms with Gasteiger partial charge in [-0.25, -0.2) is 0 Å². The Kier molecular flexibility index (Phi) is 4.52. The van der Waals surface area contributed by atoms with Gasteiger partial charge in [0, 0.05) is 21.3 Å². The molecule has 3 nitrogen and oxygen atoms in total. The predicted molar refractivity (Wildman–Crippen MR) is 89.2 cm³/mol. The first-order valence-electron chi connectivity index (χ1n) is 5.95. The van der Waals surface area contributed by atoms with Crippen molar-refractivity contribution in [3.05, 3.63) is 63.6 Å². The van der Waals surface area contributed by atoms with Crippen molar-refractivity contribution in [3.63, 3.8) is 0 Å². The van der Waals surface area contributed by atoms with Crippen LogP contribution in [0, 0.1) is 6.92 Å². The maximum absolute atomic E-state index is 12.1. The van der Waals surface area contributed by atoms with E-state index in [1.165, 1.54) is 0 Å². The summed E-state index contributed by atoms with van der Waals surface area (Å²) in [5, 5.41) is 2.83. The molecule has 5 heteroatoms. The number of carbonyl (C=O) groups excluding carboxylic acids is 1. The fourth-order valence-electron chi connectivity index (χ4n) is 1.66. The largest absolute Gasteiger partial charge is 0.389 e. The Balaban J connectivity index is 2.14. The molecule has 0 bridgehead atoms. The van der Waals surface area contributed by atoms with E-state index < -0.39 is 0 Å². The molecule has 0 aliphatic carbocycles. The normalized spacial score (nSPS) is 10.1. The van der Waals surface area contributed by atoms with E-state index in [0.29, 0.717) is 16.2 Å². The molecule has 1 amide bonds. The molecule has 0 saturated heterocycles. The van der Waals surface area contributed by atoms with Crippen LogP contribution in [0.2, 0.25) is 0 Å². The molecule has 2 rings (SSSR count). The van der Waals surface area contributed by atoms with Gasteiger partial charge in [-0.1, -0.05) is 34.2 Å². The van der Waals surface area contributed by atoms with Crippen LogP contribution < -0.4 is 11.1 Å². The number of hydrogen-bond acceptors (Lipinski definition) is 2. The molecular formula is C15H13BrN2OS. The number of thiocarbonyl (C=S) groups is 1. The van der Waals surface area contributed by atoms with E-state index in [4.69, 9.17) is 18.0 Å². The number of hydrogen-bond donors (Lipinski definition) is 2. The first-order valence-corrected chi connectivity index (χ1v) is 7.15. The Labute approximate surface area is 131 Å². The van der Waals surface area contributed by atoms with Crippen LogP contribution >= 0.6 is 28.1 Å². The third-order valence-corrected chi connectivity index (χ3v) is 3.95. The number of halogens is 1. The summed E-state index contributed by atoms with van der Waals surface area (Å²) in [5.41, 5.74) is 8.68. The van der Waals surface area contributed by atoms with Crippen LogP contribution in [-0.2, 0) is 0 Å². The van der Waals surface area contributed by atoms with Gasteiger partial charge in [0.25, 0.3) is 5.91 Å². The smallest absolute Gasteiger partial charge is 0.255 e. The van der Waals surface area contributed by atoms with Gasteiger partial charge < -0.3 is 11.1 Å². The average Bonchev–Trinajstić information content (AvgIpc) is 2.42. The molecule has 0 aliphatic heterocycles. The second kappa shape index (κ2) is 6.15. The Bertz CT molecular complexity index is 668. The molecule has 3 N–H and O–H groups in total. The molecule has 0 unspecified atom stereocenters. The van der Waals surface area contributed by atoms with E-state index in [2.05, 4.69) is 21.2 Å². The number of carbonyl (C=O) groups is 1. The summed E-state index contributed by atoms with van der Waals surface area (Å²) in [5.74, 6) is -0.159. The summed E-state index contributed by atoms with van der Waals surface area (Å²) in [6, 6.07) is 12.6. The maximum atomic E-state index is 12.1. The van der Waals surface area contributed by atoms with Crippen LogP contribution in [0.15, 0.2) is 46.9 Å². The lowest BCUT2D eigenvalue weighted by molar-refractivity contribution is 0.102. The van der Waals surface area contributed by atoms with Crippen molar-refractivity contribution in [1.82, 2.24) is 0 Å². The van der Waals surface area contributed by atoms with Crippen LogP contribution in [0.3, 0.4) is 0 Å². The lowest BCUT2D eigenvalue weighted by atomic mass is 10.1. The number of rotatable bonds is 3. The summed E-state index contributed by atoms with van der Waals surface area (Å²) in [7, 11) is 0. The number of aryl methyl sites for hydroxylation is 1. The minimum atomic E-state index is -0.159. The fraction of sp³-hybridized carbons (Fsp3) is 0.0667. The van der Waals surface area contributed by atoms with Gasteiger partial charge in [0.1, 0.15) is 4.99 Å². The van der Waals surface area contributed by atoms with Gasteiger partial charge in [-0.05, 0) is 48.9 Å². The summed E-state index contributed by atoms with van der Waals surface area (Å²) in [6.45, 7) is 1.97. The Morgan fingerprint density at radius 3 is 2.30 bits per heavy atom. The minimum absolute atomic E-state index is 0.159. The van der Waals surface area contributed by atoms with Crippen molar-refractivity contribution in [2.75, 3.05) is 5.32 Å². The van der Waals surface area contributed by atoms with Crippen molar-refractivity contribution in [3.8, 4) is 0 Å². The molecule has 102 valence electrons. The van der Waals surface area contributed by atoms with Crippen LogP contribution in [0.4, 0.5) is 5.69 Å². The molecule has 0 spiro atoms. The third kappa shape index (κ3) is 3.43. The lowest BCUT2D eigenvalue weighted by Crippen LogP contribution is -2.13. The Morgan fingerprint density at radius 2 is 1.75 bits per heavy atom. The molecule has 2 aromatic carbocycles. The highest BCUT2D eigenvalue weighted by Gasteiger charge is 2.07. The van der Waals surface area contributed by atoms with Gasteiger partial charge in [0.15, 0.2) is 0 Å². The van der Waals surface area contributed by atoms with Gasteiger partial charge in [-0.2, -0.15) is 0 Å². The first-order chi connectivity index (χ1) is 9.47. The van der Waals surface area contributed by atoms with Gasteiger partial charge in [-0.15, -0.1) is 0 Å². The van der Waals surface area contributed by atoms with Gasteiger partial charge >= 0.3 is 0 Å². The molecule has 0 aliphatic rings. The molecule has 0 fully saturated rings. The molecule has 0 heterocycles. The van der Waals surface area contributed by atoms with E-state index in [0.717, 1.165) is 15.6 Å². The van der Waals surface area contributed by atoms with E-state index >= 15 is 0 Å². The lowest BCUT2D eigenvalue weighted by Gasteiger charge is -2.07. The summed E-state index contributed by atoms with van der Waals surface area (Å²) >= 11 is 8.30. The van der Waals surface area contributed by atoms with Crippen LogP contribution in [0.1, 0.15) is 21.5 Å². The second-order valence-electron chi connectivity index (χ2n) is 4.36. The van der Waals surface area contributed by atoms with Crippen LogP contribution in [0.5, 0.6) is 0 Å². The number of benzene rings is 2. The topological polar surface area (TPSA) is 55.1 Å². The van der Waals surface area contributed by atoms with E-state index in [-0.39, 0.29) is 5.91 Å².